The molecular formula is C40H24N4. The van der Waals surface area contributed by atoms with E-state index < -0.39 is 0 Å². The van der Waals surface area contributed by atoms with Crippen molar-refractivity contribution < 1.29 is 0 Å². The van der Waals surface area contributed by atoms with Crippen molar-refractivity contribution >= 4 is 54.0 Å². The Morgan fingerprint density at radius 1 is 0.409 bits per heavy atom. The molecule has 0 saturated heterocycles. The molecule has 0 fully saturated rings. The number of hydrogen-bond donors (Lipinski definition) is 0. The first-order valence-electron chi connectivity index (χ1n) is 14.7. The molecule has 0 atom stereocenters. The van der Waals surface area contributed by atoms with Gasteiger partial charge in [0.1, 0.15) is 6.33 Å². The first kappa shape index (κ1) is 24.6. The van der Waals surface area contributed by atoms with E-state index >= 15 is 0 Å². The fourth-order valence-corrected chi connectivity index (χ4v) is 6.52. The van der Waals surface area contributed by atoms with Crippen LogP contribution in [0.2, 0.25) is 0 Å². The third-order valence-corrected chi connectivity index (χ3v) is 8.55. The predicted octanol–water partition coefficient (Wildman–Crippen LogP) is 10.0. The predicted molar refractivity (Wildman–Crippen MR) is 181 cm³/mol. The van der Waals surface area contributed by atoms with Crippen LogP contribution in [0.15, 0.2) is 146 Å². The van der Waals surface area contributed by atoms with Crippen LogP contribution in [0.3, 0.4) is 0 Å². The van der Waals surface area contributed by atoms with Crippen LogP contribution in [0.1, 0.15) is 0 Å². The molecule has 0 N–H and O–H groups in total. The van der Waals surface area contributed by atoms with Crippen molar-refractivity contribution in [2.24, 2.45) is 0 Å². The maximum absolute atomic E-state index is 5.31. The van der Waals surface area contributed by atoms with Gasteiger partial charge in [-0.3, -0.25) is 0 Å². The molecule has 0 radical (unpaired) electrons. The largest absolute Gasteiger partial charge is 0.244 e. The van der Waals surface area contributed by atoms with Crippen LogP contribution in [0.5, 0.6) is 0 Å². The molecule has 0 saturated carbocycles. The SMILES string of the molecule is c1ccc2c(-c3cc(-c4c5ccccc5cc5ccccc45)nc(-c4ccc5cncnc5c4)n3)c3ccccc3cc2c1. The Labute approximate surface area is 253 Å². The molecule has 44 heavy (non-hydrogen) atoms. The Morgan fingerprint density at radius 3 is 1.39 bits per heavy atom. The lowest BCUT2D eigenvalue weighted by atomic mass is 9.92. The lowest BCUT2D eigenvalue weighted by Crippen LogP contribution is -1.98. The van der Waals surface area contributed by atoms with Crippen LogP contribution in [0.4, 0.5) is 0 Å². The second-order valence-electron chi connectivity index (χ2n) is 11.1. The molecule has 4 heteroatoms. The first-order chi connectivity index (χ1) is 21.8. The third kappa shape index (κ3) is 3.92. The van der Waals surface area contributed by atoms with Crippen molar-refractivity contribution in [2.45, 2.75) is 0 Å². The minimum absolute atomic E-state index is 0.659. The van der Waals surface area contributed by atoms with Crippen LogP contribution in [-0.2, 0) is 0 Å². The lowest BCUT2D eigenvalue weighted by Gasteiger charge is -2.16. The van der Waals surface area contributed by atoms with E-state index in [1.54, 1.807) is 6.33 Å². The number of nitrogens with zero attached hydrogens (tertiary/aromatic N) is 4. The zero-order chi connectivity index (χ0) is 29.0. The molecule has 2 aromatic heterocycles. The fourth-order valence-electron chi connectivity index (χ4n) is 6.52. The van der Waals surface area contributed by atoms with Gasteiger partial charge in [0.15, 0.2) is 5.82 Å². The number of rotatable bonds is 3. The fraction of sp³-hybridized carbons (Fsp3) is 0. The van der Waals surface area contributed by atoms with Crippen LogP contribution >= 0.6 is 0 Å². The van der Waals surface area contributed by atoms with Crippen molar-refractivity contribution in [1.82, 2.24) is 19.9 Å². The number of fused-ring (bicyclic) bond motifs is 5. The van der Waals surface area contributed by atoms with E-state index in [9.17, 15) is 0 Å². The topological polar surface area (TPSA) is 51.6 Å². The second-order valence-corrected chi connectivity index (χ2v) is 11.1. The Bertz CT molecular complexity index is 2320. The second kappa shape index (κ2) is 9.79. The summed E-state index contributed by atoms with van der Waals surface area (Å²) >= 11 is 0. The zero-order valence-electron chi connectivity index (χ0n) is 23.6. The molecule has 0 aliphatic rings. The molecule has 2 heterocycles. The summed E-state index contributed by atoms with van der Waals surface area (Å²) in [5.74, 6) is 0.659. The molecule has 4 nitrogen and oxygen atoms in total. The van der Waals surface area contributed by atoms with E-state index in [1.165, 1.54) is 21.5 Å². The first-order valence-corrected chi connectivity index (χ1v) is 14.7. The van der Waals surface area contributed by atoms with E-state index in [1.807, 2.05) is 12.3 Å². The average molecular weight is 561 g/mol. The van der Waals surface area contributed by atoms with Crippen LogP contribution in [0, 0.1) is 0 Å². The molecule has 0 bridgehead atoms. The summed E-state index contributed by atoms with van der Waals surface area (Å²) in [6.45, 7) is 0. The molecule has 0 aliphatic carbocycles. The summed E-state index contributed by atoms with van der Waals surface area (Å²) in [5, 5.41) is 10.4. The number of hydrogen-bond acceptors (Lipinski definition) is 4. The number of aromatic nitrogens is 4. The van der Waals surface area contributed by atoms with E-state index in [-0.39, 0.29) is 0 Å². The van der Waals surface area contributed by atoms with Gasteiger partial charge in [-0.1, -0.05) is 109 Å². The molecular weight excluding hydrogens is 536 g/mol. The van der Waals surface area contributed by atoms with Gasteiger partial charge in [-0.2, -0.15) is 0 Å². The Kier molecular flexibility index (Phi) is 5.47. The minimum Gasteiger partial charge on any atom is -0.244 e. The summed E-state index contributed by atoms with van der Waals surface area (Å²) in [4.78, 5) is 19.3. The van der Waals surface area contributed by atoms with Crippen molar-refractivity contribution in [2.75, 3.05) is 0 Å². The van der Waals surface area contributed by atoms with E-state index in [2.05, 4.69) is 137 Å². The molecule has 7 aromatic carbocycles. The Hall–Kier alpha value is -6.00. The Morgan fingerprint density at radius 2 is 0.886 bits per heavy atom. The van der Waals surface area contributed by atoms with Gasteiger partial charge in [-0.05, 0) is 67.4 Å². The average Bonchev–Trinajstić information content (AvgIpc) is 3.09. The van der Waals surface area contributed by atoms with Crippen LogP contribution in [-0.4, -0.2) is 19.9 Å². The van der Waals surface area contributed by atoms with Crippen molar-refractivity contribution in [1.29, 1.82) is 0 Å². The standard InChI is InChI=1S/C40H24N4/c1-5-13-31-25(9-1)19-26-10-2-6-14-32(26)38(31)36-22-37(44-40(43-36)29-17-18-30-23-41-24-42-35(30)21-29)39-33-15-7-3-11-27(33)20-28-12-4-8-16-34(28)39/h1-24H. The van der Waals surface area contributed by atoms with Gasteiger partial charge in [0.05, 0.1) is 16.9 Å². The molecule has 204 valence electrons. The lowest BCUT2D eigenvalue weighted by molar-refractivity contribution is 1.19. The maximum atomic E-state index is 5.31. The van der Waals surface area contributed by atoms with E-state index in [4.69, 9.17) is 9.97 Å². The smallest absolute Gasteiger partial charge is 0.160 e. The van der Waals surface area contributed by atoms with Gasteiger partial charge in [-0.15, -0.1) is 0 Å². The summed E-state index contributed by atoms with van der Waals surface area (Å²) in [5.41, 5.74) is 5.76. The summed E-state index contributed by atoms with van der Waals surface area (Å²) in [6.07, 6.45) is 3.42. The molecule has 0 amide bonds. The normalized spacial score (nSPS) is 11.6. The molecule has 9 rings (SSSR count). The monoisotopic (exact) mass is 560 g/mol. The quantitative estimate of drug-likeness (QED) is 0.202. The van der Waals surface area contributed by atoms with Gasteiger partial charge in [0.2, 0.25) is 0 Å². The van der Waals surface area contributed by atoms with E-state index in [0.717, 1.165) is 60.5 Å². The van der Waals surface area contributed by atoms with Crippen LogP contribution in [0.25, 0.3) is 87.9 Å². The van der Waals surface area contributed by atoms with Crippen molar-refractivity contribution in [3.05, 3.63) is 146 Å². The zero-order valence-corrected chi connectivity index (χ0v) is 23.6. The van der Waals surface area contributed by atoms with Gasteiger partial charge in [-0.25, -0.2) is 19.9 Å². The summed E-state index contributed by atoms with van der Waals surface area (Å²) in [7, 11) is 0. The van der Waals surface area contributed by atoms with Crippen molar-refractivity contribution in [3.8, 4) is 33.9 Å². The van der Waals surface area contributed by atoms with Gasteiger partial charge >= 0.3 is 0 Å². The van der Waals surface area contributed by atoms with Crippen LogP contribution < -0.4 is 0 Å². The molecule has 0 aliphatic heterocycles. The highest BCUT2D eigenvalue weighted by Crippen LogP contribution is 2.41. The highest BCUT2D eigenvalue weighted by atomic mass is 14.9. The van der Waals surface area contributed by atoms with Crippen molar-refractivity contribution in [3.63, 3.8) is 0 Å². The van der Waals surface area contributed by atoms with Gasteiger partial charge < -0.3 is 0 Å². The molecule has 0 unspecified atom stereocenters. The molecule has 0 spiro atoms. The molecule has 9 aromatic rings. The third-order valence-electron chi connectivity index (χ3n) is 8.55. The highest BCUT2D eigenvalue weighted by Gasteiger charge is 2.18. The minimum atomic E-state index is 0.659. The van der Waals surface area contributed by atoms with Gasteiger partial charge in [0.25, 0.3) is 0 Å². The Balaban J connectivity index is 1.43. The highest BCUT2D eigenvalue weighted by molar-refractivity contribution is 6.14. The van der Waals surface area contributed by atoms with Gasteiger partial charge in [0, 0.05) is 28.3 Å². The summed E-state index contributed by atoms with van der Waals surface area (Å²) in [6, 6.07) is 47.1. The summed E-state index contributed by atoms with van der Waals surface area (Å²) < 4.78 is 0. The van der Waals surface area contributed by atoms with E-state index in [0.29, 0.717) is 5.82 Å². The maximum Gasteiger partial charge on any atom is 0.160 e. The number of benzene rings is 7.